The molecule has 0 rings (SSSR count). The molecule has 4 heteroatoms. The third-order valence-electron chi connectivity index (χ3n) is 2.91. The summed E-state index contributed by atoms with van der Waals surface area (Å²) in [4.78, 5) is 0. The Hall–Kier alpha value is -0.350. The molecule has 0 aliphatic carbocycles. The van der Waals surface area contributed by atoms with Gasteiger partial charge < -0.3 is 0 Å². The van der Waals surface area contributed by atoms with Gasteiger partial charge in [-0.1, -0.05) is 57.6 Å². The molecule has 0 spiro atoms. The van der Waals surface area contributed by atoms with E-state index in [2.05, 4.69) is 13.0 Å². The van der Waals surface area contributed by atoms with Gasteiger partial charge in [0.15, 0.2) is 0 Å². The van der Waals surface area contributed by atoms with Crippen LogP contribution in [0.25, 0.3) is 0 Å². The summed E-state index contributed by atoms with van der Waals surface area (Å²) in [7, 11) is -3.77. The molecule has 0 unspecified atom stereocenters. The Balaban J connectivity index is 3.19. The van der Waals surface area contributed by atoms with Gasteiger partial charge >= 0.3 is 0 Å². The van der Waals surface area contributed by atoms with E-state index in [0.717, 1.165) is 12.8 Å². The zero-order valence-electron chi connectivity index (χ0n) is 11.6. The van der Waals surface area contributed by atoms with E-state index >= 15 is 0 Å². The summed E-state index contributed by atoms with van der Waals surface area (Å²) in [5, 5.41) is 0. The Morgan fingerprint density at radius 1 is 0.833 bits per heavy atom. The Kier molecular flexibility index (Phi) is 11.5. The second kappa shape index (κ2) is 11.7. The summed E-state index contributed by atoms with van der Waals surface area (Å²) in [5.74, 6) is -0.130. The van der Waals surface area contributed by atoms with Gasteiger partial charge in [-0.15, -0.1) is 0 Å². The summed E-state index contributed by atoms with van der Waals surface area (Å²) in [6.45, 7) is 2.23. The first-order chi connectivity index (χ1) is 8.56. The molecule has 1 N–H and O–H groups in total. The molecule has 0 aromatic rings. The first kappa shape index (κ1) is 17.6. The van der Waals surface area contributed by atoms with Gasteiger partial charge in [-0.05, 0) is 25.7 Å². The van der Waals surface area contributed by atoms with Gasteiger partial charge in [0.1, 0.15) is 0 Å². The second-order valence-corrected chi connectivity index (χ2v) is 6.38. The minimum absolute atomic E-state index is 0.130. The van der Waals surface area contributed by atoms with E-state index in [1.54, 1.807) is 0 Å². The third-order valence-corrected chi connectivity index (χ3v) is 3.72. The van der Waals surface area contributed by atoms with Crippen molar-refractivity contribution < 1.29 is 13.0 Å². The van der Waals surface area contributed by atoms with Gasteiger partial charge in [-0.3, -0.25) is 4.55 Å². The Bertz CT molecular complexity index is 294. The molecular formula is C14H28O3S. The molecule has 0 radical (unpaired) electrons. The van der Waals surface area contributed by atoms with Crippen molar-refractivity contribution in [3.8, 4) is 0 Å². The number of hydrogen-bond acceptors (Lipinski definition) is 2. The summed E-state index contributed by atoms with van der Waals surface area (Å²) in [6, 6.07) is 0. The normalized spacial score (nSPS) is 12.3. The van der Waals surface area contributed by atoms with Crippen LogP contribution in [0.4, 0.5) is 0 Å². The lowest BCUT2D eigenvalue weighted by atomic mass is 10.1. The minimum Gasteiger partial charge on any atom is -0.286 e. The molecule has 0 aliphatic rings. The van der Waals surface area contributed by atoms with Crippen LogP contribution in [0.2, 0.25) is 0 Å². The maximum absolute atomic E-state index is 10.4. The van der Waals surface area contributed by atoms with Crippen LogP contribution in [0.3, 0.4) is 0 Å². The van der Waals surface area contributed by atoms with Gasteiger partial charge in [0, 0.05) is 0 Å². The van der Waals surface area contributed by atoms with Gasteiger partial charge in [-0.2, -0.15) is 8.42 Å². The number of allylic oxidation sites excluding steroid dienone is 2. The van der Waals surface area contributed by atoms with E-state index in [0.29, 0.717) is 6.42 Å². The fourth-order valence-electron chi connectivity index (χ4n) is 1.84. The molecule has 108 valence electrons. The third kappa shape index (κ3) is 15.6. The maximum atomic E-state index is 10.4. The first-order valence-corrected chi connectivity index (χ1v) is 8.77. The Morgan fingerprint density at radius 2 is 1.33 bits per heavy atom. The fourth-order valence-corrected chi connectivity index (χ4v) is 2.37. The molecule has 0 fully saturated rings. The number of hydrogen-bond donors (Lipinski definition) is 1. The van der Waals surface area contributed by atoms with E-state index in [9.17, 15) is 8.42 Å². The molecule has 0 saturated carbocycles. The molecule has 0 saturated heterocycles. The lowest BCUT2D eigenvalue weighted by molar-refractivity contribution is 0.481. The van der Waals surface area contributed by atoms with Crippen LogP contribution < -0.4 is 0 Å². The topological polar surface area (TPSA) is 54.4 Å². The van der Waals surface area contributed by atoms with Crippen LogP contribution in [0.15, 0.2) is 12.2 Å². The molecular weight excluding hydrogens is 248 g/mol. The van der Waals surface area contributed by atoms with E-state index in [4.69, 9.17) is 4.55 Å². The second-order valence-electron chi connectivity index (χ2n) is 4.81. The quantitative estimate of drug-likeness (QED) is 0.327. The molecule has 0 aromatic carbocycles. The summed E-state index contributed by atoms with van der Waals surface area (Å²) in [6.07, 6.45) is 15.7. The first-order valence-electron chi connectivity index (χ1n) is 7.16. The number of unbranched alkanes of at least 4 members (excludes halogenated alkanes) is 8. The molecule has 0 atom stereocenters. The predicted molar refractivity (Wildman–Crippen MR) is 77.4 cm³/mol. The highest BCUT2D eigenvalue weighted by atomic mass is 32.2. The average molecular weight is 276 g/mol. The van der Waals surface area contributed by atoms with E-state index in [1.807, 2.05) is 6.08 Å². The molecule has 0 aliphatic heterocycles. The highest BCUT2D eigenvalue weighted by molar-refractivity contribution is 7.85. The molecule has 3 nitrogen and oxygen atoms in total. The van der Waals surface area contributed by atoms with Crippen LogP contribution in [0.1, 0.15) is 71.1 Å². The average Bonchev–Trinajstić information content (AvgIpc) is 2.29. The molecule has 0 heterocycles. The zero-order chi connectivity index (χ0) is 13.7. The van der Waals surface area contributed by atoms with Crippen LogP contribution in [0.5, 0.6) is 0 Å². The zero-order valence-corrected chi connectivity index (χ0v) is 12.4. The molecule has 0 amide bonds. The van der Waals surface area contributed by atoms with Crippen molar-refractivity contribution >= 4 is 10.1 Å². The minimum atomic E-state index is -3.77. The Labute approximate surface area is 112 Å². The summed E-state index contributed by atoms with van der Waals surface area (Å²) in [5.41, 5.74) is 0. The predicted octanol–water partition coefficient (Wildman–Crippen LogP) is 4.35. The van der Waals surface area contributed by atoms with Crippen molar-refractivity contribution in [3.05, 3.63) is 12.2 Å². The van der Waals surface area contributed by atoms with Crippen LogP contribution in [-0.2, 0) is 10.1 Å². The van der Waals surface area contributed by atoms with Gasteiger partial charge in [0.25, 0.3) is 10.1 Å². The van der Waals surface area contributed by atoms with Crippen molar-refractivity contribution in [2.75, 3.05) is 5.75 Å². The van der Waals surface area contributed by atoms with Crippen molar-refractivity contribution in [1.29, 1.82) is 0 Å². The van der Waals surface area contributed by atoms with Gasteiger partial charge in [0.2, 0.25) is 0 Å². The lowest BCUT2D eigenvalue weighted by Crippen LogP contribution is -2.02. The monoisotopic (exact) mass is 276 g/mol. The maximum Gasteiger partial charge on any atom is 0.264 e. The standard InChI is InChI=1S/C14H28O3S/c1-2-3-4-5-6-7-8-9-10-11-12-13-14-18(15,16)17/h10-11H,2-9,12-14H2,1H3,(H,15,16,17)/b11-10+. The molecule has 0 aromatic heterocycles. The largest absolute Gasteiger partial charge is 0.286 e. The highest BCUT2D eigenvalue weighted by Crippen LogP contribution is 2.08. The molecule has 18 heavy (non-hydrogen) atoms. The Morgan fingerprint density at radius 3 is 1.89 bits per heavy atom. The van der Waals surface area contributed by atoms with Crippen LogP contribution in [-0.4, -0.2) is 18.7 Å². The lowest BCUT2D eigenvalue weighted by Gasteiger charge is -1.98. The highest BCUT2D eigenvalue weighted by Gasteiger charge is 2.01. The van der Waals surface area contributed by atoms with Crippen molar-refractivity contribution in [1.82, 2.24) is 0 Å². The fraction of sp³-hybridized carbons (Fsp3) is 0.857. The smallest absolute Gasteiger partial charge is 0.264 e. The van der Waals surface area contributed by atoms with Crippen LogP contribution >= 0.6 is 0 Å². The van der Waals surface area contributed by atoms with E-state index < -0.39 is 10.1 Å². The van der Waals surface area contributed by atoms with Crippen LogP contribution in [0, 0.1) is 0 Å². The van der Waals surface area contributed by atoms with E-state index in [1.165, 1.54) is 44.9 Å². The molecule has 0 bridgehead atoms. The van der Waals surface area contributed by atoms with Gasteiger partial charge in [0.05, 0.1) is 5.75 Å². The summed E-state index contributed by atoms with van der Waals surface area (Å²) < 4.78 is 29.4. The summed E-state index contributed by atoms with van der Waals surface area (Å²) >= 11 is 0. The number of rotatable bonds is 12. The van der Waals surface area contributed by atoms with Crippen molar-refractivity contribution in [2.45, 2.75) is 71.1 Å². The van der Waals surface area contributed by atoms with E-state index in [-0.39, 0.29) is 5.75 Å². The SMILES string of the molecule is CCCCCCCCC/C=C/CCCS(=O)(=O)O. The van der Waals surface area contributed by atoms with Crippen molar-refractivity contribution in [2.24, 2.45) is 0 Å². The van der Waals surface area contributed by atoms with Crippen molar-refractivity contribution in [3.63, 3.8) is 0 Å². The van der Waals surface area contributed by atoms with Gasteiger partial charge in [-0.25, -0.2) is 0 Å².